The summed E-state index contributed by atoms with van der Waals surface area (Å²) in [5.74, 6) is 0. The Labute approximate surface area is 131 Å². The van der Waals surface area contributed by atoms with Crippen LogP contribution in [0.1, 0.15) is 35.1 Å². The molecule has 0 N–H and O–H groups in total. The zero-order valence-electron chi connectivity index (χ0n) is 12.3. The van der Waals surface area contributed by atoms with Crippen LogP contribution >= 0.6 is 0 Å². The monoisotopic (exact) mass is 284 g/mol. The molecular weight excluding hydrogens is 268 g/mol. The Balaban J connectivity index is 1.96. The summed E-state index contributed by atoms with van der Waals surface area (Å²) in [6, 6.07) is 19.1. The maximum absolute atomic E-state index is 8.80. The van der Waals surface area contributed by atoms with Crippen molar-refractivity contribution in [1.82, 2.24) is 0 Å². The minimum absolute atomic E-state index is 0.651. The van der Waals surface area contributed by atoms with Crippen molar-refractivity contribution in [2.75, 3.05) is 0 Å². The summed E-state index contributed by atoms with van der Waals surface area (Å²) in [6.07, 6.45) is 1.62. The Bertz CT molecular complexity index is 697. The van der Waals surface area contributed by atoms with Gasteiger partial charge in [0.25, 0.3) is 0 Å². The van der Waals surface area contributed by atoms with E-state index in [9.17, 15) is 0 Å². The molecule has 0 heterocycles. The standard InChI is InChI=1S/C20H16N2/c1-15(19-9-5-17(13-21)6-10-19)3-4-16(2)20-11-7-18(14-22)8-12-20/h5-12H,1-4H2. The van der Waals surface area contributed by atoms with E-state index in [1.165, 1.54) is 0 Å². The molecular formula is C20H16N2. The third-order valence-electron chi connectivity index (χ3n) is 3.57. The lowest BCUT2D eigenvalue weighted by molar-refractivity contribution is 1.09. The number of allylic oxidation sites excluding steroid dienone is 2. The van der Waals surface area contributed by atoms with Gasteiger partial charge in [-0.05, 0) is 59.4 Å². The highest BCUT2D eigenvalue weighted by Gasteiger charge is 2.03. The summed E-state index contributed by atoms with van der Waals surface area (Å²) in [5.41, 5.74) is 5.45. The minimum atomic E-state index is 0.651. The highest BCUT2D eigenvalue weighted by Crippen LogP contribution is 2.25. The van der Waals surface area contributed by atoms with Crippen LogP contribution in [-0.2, 0) is 0 Å². The molecule has 2 aromatic rings. The first-order valence-corrected chi connectivity index (χ1v) is 7.00. The molecule has 0 aliphatic rings. The first-order chi connectivity index (χ1) is 10.6. The van der Waals surface area contributed by atoms with E-state index in [-0.39, 0.29) is 0 Å². The molecule has 2 aromatic carbocycles. The van der Waals surface area contributed by atoms with Crippen molar-refractivity contribution in [3.8, 4) is 12.1 Å². The lowest BCUT2D eigenvalue weighted by Gasteiger charge is -2.09. The van der Waals surface area contributed by atoms with Crippen LogP contribution in [0.5, 0.6) is 0 Å². The fourth-order valence-corrected chi connectivity index (χ4v) is 2.15. The lowest BCUT2D eigenvalue weighted by Crippen LogP contribution is -1.88. The van der Waals surface area contributed by atoms with Gasteiger partial charge in [-0.3, -0.25) is 0 Å². The lowest BCUT2D eigenvalue weighted by atomic mass is 9.96. The Kier molecular flexibility index (Phi) is 4.91. The molecule has 0 spiro atoms. The molecule has 0 unspecified atom stereocenters. The molecule has 0 aliphatic carbocycles. The van der Waals surface area contributed by atoms with Gasteiger partial charge in [0.15, 0.2) is 0 Å². The van der Waals surface area contributed by atoms with E-state index in [4.69, 9.17) is 10.5 Å². The second-order valence-corrected chi connectivity index (χ2v) is 5.09. The SMILES string of the molecule is C=C(CCC(=C)c1ccc(C#N)cc1)c1ccc(C#N)cc1. The second-order valence-electron chi connectivity index (χ2n) is 5.09. The van der Waals surface area contributed by atoms with Crippen LogP contribution in [-0.4, -0.2) is 0 Å². The van der Waals surface area contributed by atoms with Crippen LogP contribution in [0.2, 0.25) is 0 Å². The minimum Gasteiger partial charge on any atom is -0.192 e. The van der Waals surface area contributed by atoms with Gasteiger partial charge >= 0.3 is 0 Å². The van der Waals surface area contributed by atoms with Gasteiger partial charge in [-0.2, -0.15) is 10.5 Å². The maximum Gasteiger partial charge on any atom is 0.0991 e. The number of nitrogens with zero attached hydrogens (tertiary/aromatic N) is 2. The Morgan fingerprint density at radius 3 is 1.27 bits per heavy atom. The fraction of sp³-hybridized carbons (Fsp3) is 0.100. The average Bonchev–Trinajstić information content (AvgIpc) is 2.59. The first kappa shape index (κ1) is 15.3. The van der Waals surface area contributed by atoms with E-state index in [0.717, 1.165) is 35.1 Å². The number of benzene rings is 2. The topological polar surface area (TPSA) is 47.6 Å². The molecule has 0 atom stereocenters. The predicted octanol–water partition coefficient (Wildman–Crippen LogP) is 4.94. The number of hydrogen-bond donors (Lipinski definition) is 0. The van der Waals surface area contributed by atoms with Gasteiger partial charge in [0, 0.05) is 0 Å². The van der Waals surface area contributed by atoms with E-state index in [1.807, 2.05) is 24.3 Å². The van der Waals surface area contributed by atoms with Gasteiger partial charge in [0.05, 0.1) is 23.3 Å². The fourth-order valence-electron chi connectivity index (χ4n) is 2.15. The van der Waals surface area contributed by atoms with Crippen LogP contribution in [0.15, 0.2) is 61.7 Å². The molecule has 0 amide bonds. The van der Waals surface area contributed by atoms with Crippen LogP contribution in [0.3, 0.4) is 0 Å². The smallest absolute Gasteiger partial charge is 0.0991 e. The highest BCUT2D eigenvalue weighted by atomic mass is 14.2. The van der Waals surface area contributed by atoms with Crippen molar-refractivity contribution in [2.45, 2.75) is 12.8 Å². The van der Waals surface area contributed by atoms with Crippen molar-refractivity contribution in [3.05, 3.63) is 83.9 Å². The predicted molar refractivity (Wildman–Crippen MR) is 89.6 cm³/mol. The zero-order chi connectivity index (χ0) is 15.9. The molecule has 0 bridgehead atoms. The molecule has 22 heavy (non-hydrogen) atoms. The van der Waals surface area contributed by atoms with Crippen molar-refractivity contribution in [2.24, 2.45) is 0 Å². The van der Waals surface area contributed by atoms with Crippen molar-refractivity contribution >= 4 is 11.1 Å². The quantitative estimate of drug-likeness (QED) is 0.781. The molecule has 2 nitrogen and oxygen atoms in total. The summed E-state index contributed by atoms with van der Waals surface area (Å²) in [4.78, 5) is 0. The summed E-state index contributed by atoms with van der Waals surface area (Å²) < 4.78 is 0. The Morgan fingerprint density at radius 1 is 0.682 bits per heavy atom. The average molecular weight is 284 g/mol. The molecule has 0 fully saturated rings. The van der Waals surface area contributed by atoms with Gasteiger partial charge in [0.1, 0.15) is 0 Å². The largest absolute Gasteiger partial charge is 0.192 e. The molecule has 2 heteroatoms. The van der Waals surface area contributed by atoms with Crippen molar-refractivity contribution < 1.29 is 0 Å². The first-order valence-electron chi connectivity index (χ1n) is 7.00. The molecule has 0 aromatic heterocycles. The molecule has 0 saturated carbocycles. The van der Waals surface area contributed by atoms with Crippen LogP contribution < -0.4 is 0 Å². The van der Waals surface area contributed by atoms with Gasteiger partial charge in [-0.25, -0.2) is 0 Å². The molecule has 106 valence electrons. The summed E-state index contributed by atoms with van der Waals surface area (Å²) in [5, 5.41) is 17.6. The van der Waals surface area contributed by atoms with Crippen molar-refractivity contribution in [1.29, 1.82) is 10.5 Å². The normalized spacial score (nSPS) is 9.55. The number of rotatable bonds is 5. The van der Waals surface area contributed by atoms with Gasteiger partial charge in [0.2, 0.25) is 0 Å². The van der Waals surface area contributed by atoms with E-state index < -0.39 is 0 Å². The van der Waals surface area contributed by atoms with E-state index in [1.54, 1.807) is 24.3 Å². The third kappa shape index (κ3) is 3.72. The summed E-state index contributed by atoms with van der Waals surface area (Å²) >= 11 is 0. The van der Waals surface area contributed by atoms with E-state index in [2.05, 4.69) is 25.3 Å². The molecule has 0 aliphatic heterocycles. The van der Waals surface area contributed by atoms with Gasteiger partial charge in [-0.1, -0.05) is 37.4 Å². The van der Waals surface area contributed by atoms with E-state index in [0.29, 0.717) is 11.1 Å². The summed E-state index contributed by atoms with van der Waals surface area (Å²) in [6.45, 7) is 8.21. The second kappa shape index (κ2) is 7.07. The van der Waals surface area contributed by atoms with E-state index >= 15 is 0 Å². The van der Waals surface area contributed by atoms with Gasteiger partial charge < -0.3 is 0 Å². The Morgan fingerprint density at radius 2 is 1.00 bits per heavy atom. The number of nitriles is 2. The molecule has 2 rings (SSSR count). The van der Waals surface area contributed by atoms with Crippen LogP contribution in [0.25, 0.3) is 11.1 Å². The summed E-state index contributed by atoms with van der Waals surface area (Å²) in [7, 11) is 0. The highest BCUT2D eigenvalue weighted by molar-refractivity contribution is 5.69. The number of hydrogen-bond acceptors (Lipinski definition) is 2. The zero-order valence-corrected chi connectivity index (χ0v) is 12.3. The molecule has 0 radical (unpaired) electrons. The Hall–Kier alpha value is -3.10. The van der Waals surface area contributed by atoms with Crippen LogP contribution in [0, 0.1) is 22.7 Å². The van der Waals surface area contributed by atoms with Crippen molar-refractivity contribution in [3.63, 3.8) is 0 Å². The third-order valence-corrected chi connectivity index (χ3v) is 3.57. The molecule has 0 saturated heterocycles. The van der Waals surface area contributed by atoms with Crippen LogP contribution in [0.4, 0.5) is 0 Å². The maximum atomic E-state index is 8.80. The van der Waals surface area contributed by atoms with Gasteiger partial charge in [-0.15, -0.1) is 0 Å².